The summed E-state index contributed by atoms with van der Waals surface area (Å²) in [5, 5.41) is 5.70. The van der Waals surface area contributed by atoms with Crippen molar-refractivity contribution in [2.75, 3.05) is 20.7 Å². The highest BCUT2D eigenvalue weighted by molar-refractivity contribution is 7.15. The summed E-state index contributed by atoms with van der Waals surface area (Å²) in [6.45, 7) is 0.915. The molecular formula is C15H18N2O2S. The third-order valence-electron chi connectivity index (χ3n) is 2.83. The molecule has 1 amide bonds. The van der Waals surface area contributed by atoms with Crippen molar-refractivity contribution in [1.29, 1.82) is 0 Å². The third kappa shape index (κ3) is 3.82. The molecule has 1 aromatic carbocycles. The molecule has 0 aliphatic heterocycles. The van der Waals surface area contributed by atoms with E-state index in [4.69, 9.17) is 4.74 Å². The van der Waals surface area contributed by atoms with Crippen LogP contribution in [0.2, 0.25) is 0 Å². The normalized spacial score (nSPS) is 10.3. The summed E-state index contributed by atoms with van der Waals surface area (Å²) in [4.78, 5) is 13.7. The Bertz CT molecular complexity index is 564. The highest BCUT2D eigenvalue weighted by atomic mass is 32.1. The van der Waals surface area contributed by atoms with Gasteiger partial charge in [0.05, 0.1) is 20.2 Å². The second-order valence-electron chi connectivity index (χ2n) is 4.30. The van der Waals surface area contributed by atoms with Gasteiger partial charge in [-0.2, -0.15) is 0 Å². The van der Waals surface area contributed by atoms with Crippen molar-refractivity contribution < 1.29 is 9.53 Å². The average molecular weight is 290 g/mol. The van der Waals surface area contributed by atoms with E-state index in [-0.39, 0.29) is 5.91 Å². The lowest BCUT2D eigenvalue weighted by Gasteiger charge is -2.02. The summed E-state index contributed by atoms with van der Waals surface area (Å²) in [5.41, 5.74) is 1.16. The van der Waals surface area contributed by atoms with E-state index in [1.807, 2.05) is 30.3 Å². The van der Waals surface area contributed by atoms with Gasteiger partial charge in [-0.15, -0.1) is 11.3 Å². The van der Waals surface area contributed by atoms with E-state index in [0.717, 1.165) is 16.2 Å². The Labute approximate surface area is 122 Å². The highest BCUT2D eigenvalue weighted by Crippen LogP contribution is 2.29. The van der Waals surface area contributed by atoms with Crippen LogP contribution in [-0.2, 0) is 11.3 Å². The topological polar surface area (TPSA) is 50.4 Å². The van der Waals surface area contributed by atoms with Crippen molar-refractivity contribution >= 4 is 17.2 Å². The molecule has 1 aromatic heterocycles. The molecule has 2 rings (SSSR count). The van der Waals surface area contributed by atoms with Gasteiger partial charge in [-0.25, -0.2) is 0 Å². The number of likely N-dealkylation sites (N-methyl/N-ethyl adjacent to an activating group) is 1. The van der Waals surface area contributed by atoms with Gasteiger partial charge in [0, 0.05) is 9.75 Å². The monoisotopic (exact) mass is 290 g/mol. The fourth-order valence-electron chi connectivity index (χ4n) is 1.79. The molecule has 0 fully saturated rings. The zero-order valence-corrected chi connectivity index (χ0v) is 12.4. The van der Waals surface area contributed by atoms with Crippen molar-refractivity contribution in [1.82, 2.24) is 10.6 Å². The first-order valence-electron chi connectivity index (χ1n) is 6.37. The summed E-state index contributed by atoms with van der Waals surface area (Å²) in [7, 11) is 3.42. The van der Waals surface area contributed by atoms with Crippen LogP contribution in [0.4, 0.5) is 0 Å². The molecule has 2 aromatic rings. The van der Waals surface area contributed by atoms with Crippen molar-refractivity contribution in [3.63, 3.8) is 0 Å². The van der Waals surface area contributed by atoms with Gasteiger partial charge in [0.2, 0.25) is 5.91 Å². The minimum atomic E-state index is 0.00639. The van der Waals surface area contributed by atoms with Gasteiger partial charge in [-0.05, 0) is 49.0 Å². The number of hydrogen-bond donors (Lipinski definition) is 2. The molecule has 5 heteroatoms. The second-order valence-corrected chi connectivity index (χ2v) is 5.47. The molecule has 0 aliphatic rings. The maximum Gasteiger partial charge on any atom is 0.234 e. The summed E-state index contributed by atoms with van der Waals surface area (Å²) in [5.74, 6) is 0.858. The Morgan fingerprint density at radius 3 is 2.60 bits per heavy atom. The van der Waals surface area contributed by atoms with Gasteiger partial charge in [-0.1, -0.05) is 0 Å². The number of hydrogen-bond acceptors (Lipinski definition) is 4. The Balaban J connectivity index is 1.99. The minimum absolute atomic E-state index is 0.00639. The standard InChI is InChI=1S/C15H18N2O2S/c1-16-10-15(18)17-9-13-7-8-14(20-13)11-3-5-12(19-2)6-4-11/h3-8,16H,9-10H2,1-2H3,(H,17,18). The van der Waals surface area contributed by atoms with Crippen molar-refractivity contribution in [3.8, 4) is 16.2 Å². The van der Waals surface area contributed by atoms with E-state index in [1.165, 1.54) is 4.88 Å². The summed E-state index contributed by atoms with van der Waals surface area (Å²) >= 11 is 1.68. The number of thiophene rings is 1. The quantitative estimate of drug-likeness (QED) is 0.858. The molecule has 0 saturated carbocycles. The van der Waals surface area contributed by atoms with Crippen LogP contribution in [0, 0.1) is 0 Å². The zero-order valence-electron chi connectivity index (χ0n) is 11.6. The molecule has 0 atom stereocenters. The molecule has 106 valence electrons. The van der Waals surface area contributed by atoms with Gasteiger partial charge in [-0.3, -0.25) is 4.79 Å². The SMILES string of the molecule is CNCC(=O)NCc1ccc(-c2ccc(OC)cc2)s1. The zero-order chi connectivity index (χ0) is 14.4. The number of amides is 1. The van der Waals surface area contributed by atoms with Crippen LogP contribution in [-0.4, -0.2) is 26.6 Å². The maximum absolute atomic E-state index is 11.4. The lowest BCUT2D eigenvalue weighted by Crippen LogP contribution is -2.31. The first-order valence-corrected chi connectivity index (χ1v) is 7.19. The molecule has 0 spiro atoms. The molecule has 0 saturated heterocycles. The highest BCUT2D eigenvalue weighted by Gasteiger charge is 2.05. The van der Waals surface area contributed by atoms with Gasteiger partial charge >= 0.3 is 0 Å². The van der Waals surface area contributed by atoms with E-state index in [0.29, 0.717) is 13.1 Å². The number of carbonyl (C=O) groups is 1. The predicted octanol–water partition coefficient (Wildman–Crippen LogP) is 2.26. The Morgan fingerprint density at radius 2 is 1.95 bits per heavy atom. The smallest absolute Gasteiger partial charge is 0.234 e. The van der Waals surface area contributed by atoms with Crippen molar-refractivity contribution in [2.24, 2.45) is 0 Å². The lowest BCUT2D eigenvalue weighted by atomic mass is 10.2. The van der Waals surface area contributed by atoms with E-state index in [9.17, 15) is 4.79 Å². The number of carbonyl (C=O) groups excluding carboxylic acids is 1. The molecule has 20 heavy (non-hydrogen) atoms. The number of nitrogens with one attached hydrogen (secondary N) is 2. The first kappa shape index (κ1) is 14.6. The van der Waals surface area contributed by atoms with Crippen LogP contribution in [0.15, 0.2) is 36.4 Å². The third-order valence-corrected chi connectivity index (χ3v) is 3.97. The average Bonchev–Trinajstić information content (AvgIpc) is 2.94. The van der Waals surface area contributed by atoms with E-state index < -0.39 is 0 Å². The molecule has 4 nitrogen and oxygen atoms in total. The lowest BCUT2D eigenvalue weighted by molar-refractivity contribution is -0.120. The van der Waals surface area contributed by atoms with Crippen LogP contribution in [0.5, 0.6) is 5.75 Å². The molecule has 0 aliphatic carbocycles. The number of ether oxygens (including phenoxy) is 1. The second kappa shape index (κ2) is 7.07. The van der Waals surface area contributed by atoms with Crippen LogP contribution < -0.4 is 15.4 Å². The molecular weight excluding hydrogens is 272 g/mol. The van der Waals surface area contributed by atoms with Gasteiger partial charge < -0.3 is 15.4 Å². The molecule has 0 bridgehead atoms. The van der Waals surface area contributed by atoms with Crippen LogP contribution in [0.1, 0.15) is 4.88 Å². The molecule has 0 radical (unpaired) electrons. The molecule has 1 heterocycles. The van der Waals surface area contributed by atoms with Crippen molar-refractivity contribution in [2.45, 2.75) is 6.54 Å². The minimum Gasteiger partial charge on any atom is -0.497 e. The fourth-order valence-corrected chi connectivity index (χ4v) is 2.75. The largest absolute Gasteiger partial charge is 0.497 e. The Morgan fingerprint density at radius 1 is 1.20 bits per heavy atom. The Hall–Kier alpha value is -1.85. The summed E-state index contributed by atoms with van der Waals surface area (Å²) in [6, 6.07) is 12.1. The van der Waals surface area contributed by atoms with E-state index in [1.54, 1.807) is 25.5 Å². The van der Waals surface area contributed by atoms with Gasteiger partial charge in [0.1, 0.15) is 5.75 Å². The van der Waals surface area contributed by atoms with E-state index in [2.05, 4.69) is 16.7 Å². The number of methoxy groups -OCH3 is 1. The maximum atomic E-state index is 11.4. The van der Waals surface area contributed by atoms with E-state index >= 15 is 0 Å². The molecule has 0 unspecified atom stereocenters. The fraction of sp³-hybridized carbons (Fsp3) is 0.267. The number of benzene rings is 1. The van der Waals surface area contributed by atoms with Crippen molar-refractivity contribution in [3.05, 3.63) is 41.3 Å². The van der Waals surface area contributed by atoms with Crippen LogP contribution in [0.25, 0.3) is 10.4 Å². The van der Waals surface area contributed by atoms with Gasteiger partial charge in [0.15, 0.2) is 0 Å². The summed E-state index contributed by atoms with van der Waals surface area (Å²) < 4.78 is 5.15. The molecule has 2 N–H and O–H groups in total. The Kier molecular flexibility index (Phi) is 5.15. The van der Waals surface area contributed by atoms with Crippen LogP contribution >= 0.6 is 11.3 Å². The summed E-state index contributed by atoms with van der Waals surface area (Å²) in [6.07, 6.45) is 0. The van der Waals surface area contributed by atoms with Gasteiger partial charge in [0.25, 0.3) is 0 Å². The first-order chi connectivity index (χ1) is 9.72. The number of rotatable bonds is 6. The van der Waals surface area contributed by atoms with Crippen LogP contribution in [0.3, 0.4) is 0 Å². The predicted molar refractivity (Wildman–Crippen MR) is 82.1 cm³/mol.